The van der Waals surface area contributed by atoms with Crippen LogP contribution in [0.25, 0.3) is 0 Å². The zero-order valence-electron chi connectivity index (χ0n) is 11.6. The Labute approximate surface area is 113 Å². The second-order valence-corrected chi connectivity index (χ2v) is 5.70. The second kappa shape index (κ2) is 5.03. The van der Waals surface area contributed by atoms with Gasteiger partial charge in [0, 0.05) is 6.54 Å². The van der Waals surface area contributed by atoms with E-state index >= 15 is 0 Å². The van der Waals surface area contributed by atoms with Gasteiger partial charge < -0.3 is 9.53 Å². The SMILES string of the molecule is CC(C)(C)OC(=O)N1CCc2ccccc2C1C=O. The number of amides is 1. The van der Waals surface area contributed by atoms with Gasteiger partial charge in [-0.2, -0.15) is 0 Å². The predicted molar refractivity (Wildman–Crippen MR) is 71.9 cm³/mol. The molecule has 1 amide bonds. The average Bonchev–Trinajstić information content (AvgIpc) is 2.35. The standard InChI is InChI=1S/C15H19NO3/c1-15(2,3)19-14(18)16-9-8-11-6-4-5-7-12(11)13(16)10-17/h4-7,10,13H,8-9H2,1-3H3. The highest BCUT2D eigenvalue weighted by atomic mass is 16.6. The lowest BCUT2D eigenvalue weighted by Gasteiger charge is -2.35. The molecule has 4 nitrogen and oxygen atoms in total. The molecule has 0 N–H and O–H groups in total. The zero-order chi connectivity index (χ0) is 14.0. The first kappa shape index (κ1) is 13.6. The fourth-order valence-electron chi connectivity index (χ4n) is 2.27. The van der Waals surface area contributed by atoms with Crippen LogP contribution < -0.4 is 0 Å². The molecule has 19 heavy (non-hydrogen) atoms. The van der Waals surface area contributed by atoms with Crippen molar-refractivity contribution in [3.05, 3.63) is 35.4 Å². The third kappa shape index (κ3) is 2.95. The van der Waals surface area contributed by atoms with Gasteiger partial charge >= 0.3 is 6.09 Å². The second-order valence-electron chi connectivity index (χ2n) is 5.70. The number of carbonyl (C=O) groups excluding carboxylic acids is 2. The summed E-state index contributed by atoms with van der Waals surface area (Å²) in [6, 6.07) is 7.18. The van der Waals surface area contributed by atoms with E-state index in [1.54, 1.807) is 0 Å². The zero-order valence-corrected chi connectivity index (χ0v) is 11.6. The van der Waals surface area contributed by atoms with Gasteiger partial charge in [-0.05, 0) is 38.3 Å². The van der Waals surface area contributed by atoms with Crippen LogP contribution >= 0.6 is 0 Å². The Morgan fingerprint density at radius 3 is 2.68 bits per heavy atom. The number of ether oxygens (including phenoxy) is 1. The summed E-state index contributed by atoms with van der Waals surface area (Å²) in [6.07, 6.45) is 1.13. The topological polar surface area (TPSA) is 46.6 Å². The van der Waals surface area contributed by atoms with Crippen LogP contribution in [0.4, 0.5) is 4.79 Å². The molecule has 0 spiro atoms. The van der Waals surface area contributed by atoms with Crippen molar-refractivity contribution >= 4 is 12.4 Å². The van der Waals surface area contributed by atoms with Crippen molar-refractivity contribution < 1.29 is 14.3 Å². The monoisotopic (exact) mass is 261 g/mol. The van der Waals surface area contributed by atoms with Crippen molar-refractivity contribution in [1.82, 2.24) is 4.90 Å². The van der Waals surface area contributed by atoms with Crippen LogP contribution in [-0.4, -0.2) is 29.4 Å². The lowest BCUT2D eigenvalue weighted by Crippen LogP contribution is -2.43. The highest BCUT2D eigenvalue weighted by Gasteiger charge is 2.33. The number of rotatable bonds is 1. The molecule has 1 aromatic carbocycles. The molecule has 0 aliphatic carbocycles. The van der Waals surface area contributed by atoms with E-state index in [4.69, 9.17) is 4.74 Å². The van der Waals surface area contributed by atoms with Gasteiger partial charge in [-0.15, -0.1) is 0 Å². The van der Waals surface area contributed by atoms with Crippen LogP contribution in [0.15, 0.2) is 24.3 Å². The summed E-state index contributed by atoms with van der Waals surface area (Å²) >= 11 is 0. The Morgan fingerprint density at radius 1 is 1.37 bits per heavy atom. The fraction of sp³-hybridized carbons (Fsp3) is 0.467. The lowest BCUT2D eigenvalue weighted by atomic mass is 9.94. The summed E-state index contributed by atoms with van der Waals surface area (Å²) in [5.41, 5.74) is 1.47. The molecule has 0 saturated carbocycles. The molecule has 102 valence electrons. The number of nitrogens with zero attached hydrogens (tertiary/aromatic N) is 1. The quantitative estimate of drug-likeness (QED) is 0.730. The van der Waals surface area contributed by atoms with Gasteiger partial charge in [0.25, 0.3) is 0 Å². The van der Waals surface area contributed by atoms with Gasteiger partial charge in [0.05, 0.1) is 0 Å². The van der Waals surface area contributed by atoms with Gasteiger partial charge in [-0.1, -0.05) is 24.3 Å². The number of carbonyl (C=O) groups is 2. The van der Waals surface area contributed by atoms with Crippen LogP contribution in [0.3, 0.4) is 0 Å². The minimum Gasteiger partial charge on any atom is -0.444 e. The van der Waals surface area contributed by atoms with Crippen LogP contribution in [-0.2, 0) is 16.0 Å². The van der Waals surface area contributed by atoms with E-state index in [9.17, 15) is 9.59 Å². The van der Waals surface area contributed by atoms with E-state index in [1.807, 2.05) is 45.0 Å². The first-order valence-corrected chi connectivity index (χ1v) is 6.45. The van der Waals surface area contributed by atoms with E-state index in [0.29, 0.717) is 6.54 Å². The normalized spacial score (nSPS) is 18.7. The molecular weight excluding hydrogens is 242 g/mol. The number of aldehydes is 1. The van der Waals surface area contributed by atoms with Gasteiger partial charge in [0.2, 0.25) is 0 Å². The van der Waals surface area contributed by atoms with Crippen LogP contribution in [0, 0.1) is 0 Å². The molecule has 0 aromatic heterocycles. The Kier molecular flexibility index (Phi) is 3.60. The molecular formula is C15H19NO3. The Hall–Kier alpha value is -1.84. The minimum absolute atomic E-state index is 0.431. The van der Waals surface area contributed by atoms with E-state index in [1.165, 1.54) is 4.90 Å². The molecule has 1 aliphatic heterocycles. The molecule has 1 heterocycles. The number of hydrogen-bond donors (Lipinski definition) is 0. The van der Waals surface area contributed by atoms with E-state index in [-0.39, 0.29) is 0 Å². The van der Waals surface area contributed by atoms with Crippen molar-refractivity contribution in [3.63, 3.8) is 0 Å². The number of hydrogen-bond acceptors (Lipinski definition) is 3. The lowest BCUT2D eigenvalue weighted by molar-refractivity contribution is -0.113. The molecule has 1 aromatic rings. The summed E-state index contributed by atoms with van der Waals surface area (Å²) in [6.45, 7) is 5.96. The fourth-order valence-corrected chi connectivity index (χ4v) is 2.27. The molecule has 0 saturated heterocycles. The Balaban J connectivity index is 2.25. The third-order valence-electron chi connectivity index (χ3n) is 3.09. The predicted octanol–water partition coefficient (Wildman–Crippen LogP) is 2.72. The van der Waals surface area contributed by atoms with Crippen LogP contribution in [0.5, 0.6) is 0 Å². The third-order valence-corrected chi connectivity index (χ3v) is 3.09. The average molecular weight is 261 g/mol. The molecule has 0 radical (unpaired) electrons. The maximum Gasteiger partial charge on any atom is 0.411 e. The van der Waals surface area contributed by atoms with E-state index in [2.05, 4.69) is 0 Å². The van der Waals surface area contributed by atoms with Crippen molar-refractivity contribution in [1.29, 1.82) is 0 Å². The maximum atomic E-state index is 12.1. The summed E-state index contributed by atoms with van der Waals surface area (Å²) in [5, 5.41) is 0. The Morgan fingerprint density at radius 2 is 2.05 bits per heavy atom. The molecule has 1 aliphatic rings. The van der Waals surface area contributed by atoms with E-state index in [0.717, 1.165) is 23.8 Å². The first-order chi connectivity index (χ1) is 8.92. The number of fused-ring (bicyclic) bond motifs is 1. The summed E-state index contributed by atoms with van der Waals surface area (Å²) in [7, 11) is 0. The van der Waals surface area contributed by atoms with Crippen molar-refractivity contribution in [2.45, 2.75) is 38.8 Å². The smallest absolute Gasteiger partial charge is 0.411 e. The van der Waals surface area contributed by atoms with Gasteiger partial charge in [0.1, 0.15) is 17.9 Å². The van der Waals surface area contributed by atoms with Crippen molar-refractivity contribution in [2.75, 3.05) is 6.54 Å². The Bertz CT molecular complexity index is 490. The summed E-state index contributed by atoms with van der Waals surface area (Å²) in [4.78, 5) is 25.0. The largest absolute Gasteiger partial charge is 0.444 e. The van der Waals surface area contributed by atoms with E-state index < -0.39 is 17.7 Å². The highest BCUT2D eigenvalue weighted by molar-refractivity contribution is 5.76. The van der Waals surface area contributed by atoms with Gasteiger partial charge in [-0.3, -0.25) is 4.90 Å². The van der Waals surface area contributed by atoms with Crippen molar-refractivity contribution in [3.8, 4) is 0 Å². The maximum absolute atomic E-state index is 12.1. The first-order valence-electron chi connectivity index (χ1n) is 6.45. The van der Waals surface area contributed by atoms with Crippen LogP contribution in [0.1, 0.15) is 37.9 Å². The van der Waals surface area contributed by atoms with Crippen LogP contribution in [0.2, 0.25) is 0 Å². The molecule has 1 unspecified atom stereocenters. The highest BCUT2D eigenvalue weighted by Crippen LogP contribution is 2.29. The molecule has 0 fully saturated rings. The van der Waals surface area contributed by atoms with Crippen molar-refractivity contribution in [2.24, 2.45) is 0 Å². The van der Waals surface area contributed by atoms with Gasteiger partial charge in [0.15, 0.2) is 0 Å². The summed E-state index contributed by atoms with van der Waals surface area (Å²) < 4.78 is 5.35. The molecule has 2 rings (SSSR count). The minimum atomic E-state index is -0.554. The molecule has 1 atom stereocenters. The molecule has 0 bridgehead atoms. The van der Waals surface area contributed by atoms with Gasteiger partial charge in [-0.25, -0.2) is 4.79 Å². The number of benzene rings is 1. The molecule has 4 heteroatoms. The summed E-state index contributed by atoms with van der Waals surface area (Å²) in [5.74, 6) is 0.